The number of hydrogen-bond acceptors (Lipinski definition) is 6. The number of unbranched alkanes of at least 4 members (excludes halogenated alkanes) is 33. The van der Waals surface area contributed by atoms with Gasteiger partial charge in [-0.3, -0.25) is 9.59 Å². The van der Waals surface area contributed by atoms with Crippen LogP contribution < -0.4 is 0 Å². The van der Waals surface area contributed by atoms with Crippen molar-refractivity contribution in [3.63, 3.8) is 0 Å². The van der Waals surface area contributed by atoms with E-state index < -0.39 is 18.1 Å². The number of likely N-dealkylation sites (N-methyl/N-ethyl adjacent to an activating group) is 1. The molecule has 0 aromatic carbocycles. The lowest BCUT2D eigenvalue weighted by atomic mass is 10.0. The SMILES string of the molecule is CCCCCCCCCCCCCCCCCCCCCC(=O)OC(COCCC(C(=O)O)[N+](C)(C)C)COC(=O)CCCCCCCCCCCCCCCCCC. The molecule has 59 heavy (non-hydrogen) atoms. The molecule has 0 saturated heterocycles. The third-order valence-corrected chi connectivity index (χ3v) is 12.0. The lowest BCUT2D eigenvalue weighted by Crippen LogP contribution is -2.50. The molecule has 0 aliphatic carbocycles. The van der Waals surface area contributed by atoms with Crippen LogP contribution >= 0.6 is 0 Å². The van der Waals surface area contributed by atoms with Crippen molar-refractivity contribution in [2.75, 3.05) is 41.0 Å². The van der Waals surface area contributed by atoms with Gasteiger partial charge in [-0.25, -0.2) is 4.79 Å². The zero-order valence-electron chi connectivity index (χ0n) is 40.0. The molecule has 1 N–H and O–H groups in total. The number of carbonyl (C=O) groups is 3. The van der Waals surface area contributed by atoms with Crippen LogP contribution in [0, 0.1) is 0 Å². The maximum atomic E-state index is 12.8. The van der Waals surface area contributed by atoms with E-state index in [9.17, 15) is 19.5 Å². The summed E-state index contributed by atoms with van der Waals surface area (Å²) in [5.41, 5.74) is 0. The lowest BCUT2D eigenvalue weighted by Gasteiger charge is -2.31. The number of ether oxygens (including phenoxy) is 3. The summed E-state index contributed by atoms with van der Waals surface area (Å²) in [6.07, 6.45) is 45.7. The van der Waals surface area contributed by atoms with Gasteiger partial charge < -0.3 is 23.8 Å². The standard InChI is InChI=1S/C51H99NO7/c1-6-8-10-12-14-16-18-20-22-24-25-26-28-30-32-34-36-38-40-42-50(54)59-47(45-57-44-43-48(51(55)56)52(3,4)5)46-58-49(53)41-39-37-35-33-31-29-27-23-21-19-17-15-13-11-9-7-2/h47-48H,6-46H2,1-5H3/p+1. The topological polar surface area (TPSA) is 99.1 Å². The molecule has 0 heterocycles. The summed E-state index contributed by atoms with van der Waals surface area (Å²) in [6, 6.07) is -0.608. The minimum absolute atomic E-state index is 0.0414. The molecule has 0 fully saturated rings. The van der Waals surface area contributed by atoms with Crippen LogP contribution in [0.1, 0.15) is 258 Å². The third-order valence-electron chi connectivity index (χ3n) is 12.0. The summed E-state index contributed by atoms with van der Waals surface area (Å²) in [7, 11) is 5.55. The Morgan fingerprint density at radius 3 is 1.05 bits per heavy atom. The monoisotopic (exact) mass is 839 g/mol. The summed E-state index contributed by atoms with van der Waals surface area (Å²) >= 11 is 0. The molecule has 0 radical (unpaired) electrons. The molecular formula is C51H100NO7+. The first kappa shape index (κ1) is 57.3. The second-order valence-corrected chi connectivity index (χ2v) is 18.8. The molecule has 0 aromatic rings. The minimum Gasteiger partial charge on any atom is -0.477 e. The van der Waals surface area contributed by atoms with Gasteiger partial charge in [0.25, 0.3) is 0 Å². The Hall–Kier alpha value is -1.67. The number of aliphatic carboxylic acids is 1. The third kappa shape index (κ3) is 41.5. The van der Waals surface area contributed by atoms with E-state index in [-0.39, 0.29) is 36.2 Å². The first-order valence-corrected chi connectivity index (χ1v) is 25.6. The molecule has 2 atom stereocenters. The predicted molar refractivity (Wildman–Crippen MR) is 248 cm³/mol. The lowest BCUT2D eigenvalue weighted by molar-refractivity contribution is -0.887. The van der Waals surface area contributed by atoms with Gasteiger partial charge in [0.05, 0.1) is 34.4 Å². The van der Waals surface area contributed by atoms with Crippen molar-refractivity contribution in [2.24, 2.45) is 0 Å². The molecule has 0 spiro atoms. The van der Waals surface area contributed by atoms with Gasteiger partial charge in [-0.15, -0.1) is 0 Å². The molecule has 0 amide bonds. The van der Waals surface area contributed by atoms with Gasteiger partial charge in [-0.1, -0.05) is 226 Å². The van der Waals surface area contributed by atoms with Crippen molar-refractivity contribution in [2.45, 2.75) is 270 Å². The van der Waals surface area contributed by atoms with Crippen molar-refractivity contribution in [3.05, 3.63) is 0 Å². The van der Waals surface area contributed by atoms with Crippen LogP contribution in [0.15, 0.2) is 0 Å². The van der Waals surface area contributed by atoms with E-state index in [1.807, 2.05) is 21.1 Å². The molecule has 8 heteroatoms. The Labute approximate surface area is 366 Å². The largest absolute Gasteiger partial charge is 0.477 e. The summed E-state index contributed by atoms with van der Waals surface area (Å²) in [4.78, 5) is 37.1. The van der Waals surface area contributed by atoms with Crippen molar-refractivity contribution in [1.29, 1.82) is 0 Å². The van der Waals surface area contributed by atoms with E-state index in [0.717, 1.165) is 38.5 Å². The van der Waals surface area contributed by atoms with Crippen LogP contribution in [0.25, 0.3) is 0 Å². The van der Waals surface area contributed by atoms with E-state index >= 15 is 0 Å². The number of carbonyl (C=O) groups excluding carboxylic acids is 2. The molecular weight excluding hydrogens is 739 g/mol. The minimum atomic E-state index is -0.869. The second kappa shape index (κ2) is 43.0. The predicted octanol–water partition coefficient (Wildman–Crippen LogP) is 14.5. The number of esters is 2. The summed E-state index contributed by atoms with van der Waals surface area (Å²) < 4.78 is 17.4. The number of rotatable bonds is 47. The van der Waals surface area contributed by atoms with E-state index in [2.05, 4.69) is 13.8 Å². The van der Waals surface area contributed by atoms with Crippen LogP contribution in [-0.4, -0.2) is 80.6 Å². The highest BCUT2D eigenvalue weighted by atomic mass is 16.6. The van der Waals surface area contributed by atoms with Crippen LogP contribution in [0.4, 0.5) is 0 Å². The zero-order chi connectivity index (χ0) is 43.5. The first-order valence-electron chi connectivity index (χ1n) is 25.6. The van der Waals surface area contributed by atoms with Gasteiger partial charge >= 0.3 is 17.9 Å². The highest BCUT2D eigenvalue weighted by molar-refractivity contribution is 5.72. The van der Waals surface area contributed by atoms with Crippen LogP contribution in [0.3, 0.4) is 0 Å². The van der Waals surface area contributed by atoms with E-state index in [1.54, 1.807) is 0 Å². The maximum Gasteiger partial charge on any atom is 0.362 e. The van der Waals surface area contributed by atoms with E-state index in [0.29, 0.717) is 19.3 Å². The van der Waals surface area contributed by atoms with Crippen molar-refractivity contribution >= 4 is 17.9 Å². The Morgan fingerprint density at radius 2 is 0.746 bits per heavy atom. The fraction of sp³-hybridized carbons (Fsp3) is 0.941. The van der Waals surface area contributed by atoms with Crippen molar-refractivity contribution in [3.8, 4) is 0 Å². The molecule has 0 saturated carbocycles. The van der Waals surface area contributed by atoms with Gasteiger partial charge in [0.2, 0.25) is 0 Å². The highest BCUT2D eigenvalue weighted by Gasteiger charge is 2.31. The number of nitrogens with zero attached hydrogens (tertiary/aromatic N) is 1. The molecule has 350 valence electrons. The summed E-state index contributed by atoms with van der Waals surface area (Å²) in [5, 5.41) is 9.65. The maximum absolute atomic E-state index is 12.8. The van der Waals surface area contributed by atoms with Gasteiger partial charge in [-0.05, 0) is 12.8 Å². The summed E-state index contributed by atoms with van der Waals surface area (Å²) in [5.74, 6) is -1.44. The van der Waals surface area contributed by atoms with Crippen LogP contribution in [-0.2, 0) is 28.6 Å². The Kier molecular flexibility index (Phi) is 41.8. The first-order chi connectivity index (χ1) is 28.6. The molecule has 8 nitrogen and oxygen atoms in total. The number of hydrogen-bond donors (Lipinski definition) is 1. The van der Waals surface area contributed by atoms with E-state index in [1.165, 1.54) is 186 Å². The quantitative estimate of drug-likeness (QED) is 0.0370. The molecule has 2 unspecified atom stereocenters. The second-order valence-electron chi connectivity index (χ2n) is 18.8. The average molecular weight is 839 g/mol. The molecule has 0 rings (SSSR count). The van der Waals surface area contributed by atoms with Gasteiger partial charge in [0.15, 0.2) is 12.1 Å². The van der Waals surface area contributed by atoms with Gasteiger partial charge in [0, 0.05) is 19.3 Å². The fourth-order valence-electron chi connectivity index (χ4n) is 8.04. The fourth-order valence-corrected chi connectivity index (χ4v) is 8.04. The number of carboxylic acids is 1. The van der Waals surface area contributed by atoms with Crippen LogP contribution in [0.2, 0.25) is 0 Å². The molecule has 0 bridgehead atoms. The van der Waals surface area contributed by atoms with Gasteiger partial charge in [-0.2, -0.15) is 0 Å². The molecule has 0 aliphatic rings. The van der Waals surface area contributed by atoms with Crippen LogP contribution in [0.5, 0.6) is 0 Å². The smallest absolute Gasteiger partial charge is 0.362 e. The Bertz CT molecular complexity index is 936. The average Bonchev–Trinajstić information content (AvgIpc) is 3.19. The summed E-state index contributed by atoms with van der Waals surface area (Å²) in [6.45, 7) is 4.80. The Morgan fingerprint density at radius 1 is 0.441 bits per heavy atom. The van der Waals surface area contributed by atoms with Gasteiger partial charge in [0.1, 0.15) is 6.61 Å². The van der Waals surface area contributed by atoms with Crippen molar-refractivity contribution < 1.29 is 38.2 Å². The molecule has 0 aromatic heterocycles. The Balaban J connectivity index is 4.19. The normalized spacial score (nSPS) is 12.8. The van der Waals surface area contributed by atoms with E-state index in [4.69, 9.17) is 14.2 Å². The zero-order valence-corrected chi connectivity index (χ0v) is 40.0. The van der Waals surface area contributed by atoms with Crippen molar-refractivity contribution in [1.82, 2.24) is 0 Å². The number of quaternary nitrogens is 1. The number of carboxylic acid groups (broad SMARTS) is 1. The molecule has 0 aliphatic heterocycles. The highest BCUT2D eigenvalue weighted by Crippen LogP contribution is 2.17.